The Morgan fingerprint density at radius 3 is 0.560 bits per heavy atom. The van der Waals surface area contributed by atoms with Crippen LogP contribution in [-0.2, 0) is 5.41 Å². The third kappa shape index (κ3) is 9.95. The Bertz CT molecular complexity index is 3110. The van der Waals surface area contributed by atoms with Gasteiger partial charge in [-0.3, -0.25) is 0 Å². The molecule has 0 unspecified atom stereocenters. The van der Waals surface area contributed by atoms with E-state index in [1.807, 2.05) is 242 Å². The maximum atomic E-state index is 15.8. The standard InChI is InChI=1S/C65H50F6N4/c1-47-23-31-55(32-24-47)74(61-43-39-59(40-44-61)72(51-15-7-3-8-16-51)52-17-9-4-10-18-52)57-35-27-49(28-36-57)63(64(66,67)68,65(69,70)71)50-29-37-58(38-30-50)75(56-33-25-48(2)26-34-56)62-45-41-60(42-46-62)73(53-19-11-5-12-20-53)54-21-13-6-14-22-54/h3-46H,1-2H3. The van der Waals surface area contributed by atoms with Gasteiger partial charge in [-0.1, -0.05) is 132 Å². The molecule has 0 amide bonds. The van der Waals surface area contributed by atoms with Crippen LogP contribution in [0.3, 0.4) is 0 Å². The van der Waals surface area contributed by atoms with Gasteiger partial charge in [-0.05, 0) is 171 Å². The van der Waals surface area contributed by atoms with Crippen molar-refractivity contribution in [1.29, 1.82) is 0 Å². The lowest BCUT2D eigenvalue weighted by Crippen LogP contribution is -2.54. The number of benzene rings is 10. The fourth-order valence-electron chi connectivity index (χ4n) is 9.69. The van der Waals surface area contributed by atoms with Crippen molar-refractivity contribution in [1.82, 2.24) is 0 Å². The number of hydrogen-bond donors (Lipinski definition) is 0. The maximum Gasteiger partial charge on any atom is 0.411 e. The molecule has 0 aliphatic carbocycles. The molecule has 0 atom stereocenters. The number of halogens is 6. The average molecular weight is 1000 g/mol. The van der Waals surface area contributed by atoms with Gasteiger partial charge in [-0.2, -0.15) is 26.3 Å². The first-order chi connectivity index (χ1) is 36.3. The number of nitrogens with zero attached hydrogens (tertiary/aromatic N) is 4. The van der Waals surface area contributed by atoms with Crippen LogP contribution in [0, 0.1) is 13.8 Å². The maximum absolute atomic E-state index is 15.8. The summed E-state index contributed by atoms with van der Waals surface area (Å²) in [7, 11) is 0. The fraction of sp³-hybridized carbons (Fsp3) is 0.0769. The molecule has 372 valence electrons. The van der Waals surface area contributed by atoms with Gasteiger partial charge in [0.1, 0.15) is 0 Å². The molecule has 10 heteroatoms. The zero-order valence-corrected chi connectivity index (χ0v) is 41.0. The summed E-state index contributed by atoms with van der Waals surface area (Å²) in [6.45, 7) is 3.87. The van der Waals surface area contributed by atoms with Gasteiger partial charge in [-0.15, -0.1) is 0 Å². The fourth-order valence-corrected chi connectivity index (χ4v) is 9.69. The molecular weight excluding hydrogens is 951 g/mol. The molecule has 0 fully saturated rings. The van der Waals surface area contributed by atoms with Gasteiger partial charge in [-0.25, -0.2) is 0 Å². The van der Waals surface area contributed by atoms with Crippen LogP contribution in [0.1, 0.15) is 22.3 Å². The Kier molecular flexibility index (Phi) is 13.8. The molecule has 75 heavy (non-hydrogen) atoms. The zero-order chi connectivity index (χ0) is 52.2. The second-order valence-corrected chi connectivity index (χ2v) is 18.2. The smallest absolute Gasteiger partial charge is 0.311 e. The van der Waals surface area contributed by atoms with Crippen molar-refractivity contribution in [3.8, 4) is 0 Å². The average Bonchev–Trinajstić information content (AvgIpc) is 3.44. The van der Waals surface area contributed by atoms with Crippen LogP contribution >= 0.6 is 0 Å². The summed E-state index contributed by atoms with van der Waals surface area (Å²) in [5, 5.41) is 0. The molecule has 0 spiro atoms. The molecular formula is C65H50F6N4. The molecule has 0 radical (unpaired) electrons. The second kappa shape index (κ2) is 20.8. The summed E-state index contributed by atoms with van der Waals surface area (Å²) >= 11 is 0. The second-order valence-electron chi connectivity index (χ2n) is 18.2. The SMILES string of the molecule is Cc1ccc(N(c2ccc(N(c3ccccc3)c3ccccc3)cc2)c2ccc(C(c3ccc(N(c4ccc(C)cc4)c4ccc(N(c5ccccc5)c5ccccc5)cc4)cc3)(C(F)(F)F)C(F)(F)F)cc2)cc1. The van der Waals surface area contributed by atoms with E-state index in [0.717, 1.165) is 69.5 Å². The van der Waals surface area contributed by atoms with Crippen molar-refractivity contribution in [3.05, 3.63) is 289 Å². The van der Waals surface area contributed by atoms with E-state index in [2.05, 4.69) is 9.80 Å². The molecule has 10 aromatic rings. The van der Waals surface area contributed by atoms with Gasteiger partial charge in [0.15, 0.2) is 0 Å². The highest BCUT2D eigenvalue weighted by atomic mass is 19.4. The Balaban J connectivity index is 1.02. The van der Waals surface area contributed by atoms with Crippen LogP contribution in [0.4, 0.5) is 94.6 Å². The van der Waals surface area contributed by atoms with Crippen molar-refractivity contribution in [2.45, 2.75) is 31.6 Å². The lowest BCUT2D eigenvalue weighted by Gasteiger charge is -2.39. The van der Waals surface area contributed by atoms with E-state index in [9.17, 15) is 0 Å². The number of rotatable bonds is 14. The third-order valence-corrected chi connectivity index (χ3v) is 13.3. The predicted octanol–water partition coefficient (Wildman–Crippen LogP) is 19.6. The molecule has 0 saturated heterocycles. The Labute approximate surface area is 433 Å². The van der Waals surface area contributed by atoms with Crippen LogP contribution in [0.2, 0.25) is 0 Å². The van der Waals surface area contributed by atoms with Gasteiger partial charge in [0, 0.05) is 68.2 Å². The molecule has 4 nitrogen and oxygen atoms in total. The van der Waals surface area contributed by atoms with E-state index in [-0.39, 0.29) is 0 Å². The van der Waals surface area contributed by atoms with Crippen LogP contribution < -0.4 is 19.6 Å². The molecule has 0 aliphatic rings. The molecule has 10 rings (SSSR count). The lowest BCUT2D eigenvalue weighted by atomic mass is 9.72. The first kappa shape index (κ1) is 49.6. The van der Waals surface area contributed by atoms with E-state index >= 15 is 26.3 Å². The van der Waals surface area contributed by atoms with Crippen molar-refractivity contribution in [3.63, 3.8) is 0 Å². The third-order valence-electron chi connectivity index (χ3n) is 13.3. The number of aryl methyl sites for hydroxylation is 2. The molecule has 0 heterocycles. The van der Waals surface area contributed by atoms with Crippen LogP contribution in [-0.4, -0.2) is 12.4 Å². The minimum atomic E-state index is -5.81. The summed E-state index contributed by atoms with van der Waals surface area (Å²) in [6.07, 6.45) is -11.6. The molecule has 0 bridgehead atoms. The lowest BCUT2D eigenvalue weighted by molar-refractivity contribution is -0.288. The van der Waals surface area contributed by atoms with Gasteiger partial charge >= 0.3 is 12.4 Å². The zero-order valence-electron chi connectivity index (χ0n) is 41.0. The number of anilines is 12. The summed E-state index contributed by atoms with van der Waals surface area (Å²) in [5.41, 5.74) is 4.37. The normalized spacial score (nSPS) is 11.7. The molecule has 0 aromatic heterocycles. The van der Waals surface area contributed by atoms with E-state index in [1.54, 1.807) is 0 Å². The predicted molar refractivity (Wildman–Crippen MR) is 294 cm³/mol. The first-order valence-corrected chi connectivity index (χ1v) is 24.4. The van der Waals surface area contributed by atoms with Crippen molar-refractivity contribution >= 4 is 68.2 Å². The highest BCUT2D eigenvalue weighted by Gasteiger charge is 2.72. The summed E-state index contributed by atoms with van der Waals surface area (Å²) < 4.78 is 95.1. The molecule has 0 aliphatic heterocycles. The van der Waals surface area contributed by atoms with Gasteiger partial charge in [0.2, 0.25) is 5.41 Å². The Hall–Kier alpha value is -9.02. The van der Waals surface area contributed by atoms with Crippen LogP contribution in [0.15, 0.2) is 267 Å². The van der Waals surface area contributed by atoms with E-state index in [0.29, 0.717) is 34.1 Å². The summed E-state index contributed by atoms with van der Waals surface area (Å²) in [6, 6.07) is 78.9. The van der Waals surface area contributed by atoms with Crippen molar-refractivity contribution in [2.24, 2.45) is 0 Å². The van der Waals surface area contributed by atoms with E-state index in [1.165, 1.54) is 24.3 Å². The van der Waals surface area contributed by atoms with E-state index < -0.39 is 28.9 Å². The monoisotopic (exact) mass is 1000 g/mol. The van der Waals surface area contributed by atoms with Crippen molar-refractivity contribution < 1.29 is 26.3 Å². The van der Waals surface area contributed by atoms with Gasteiger partial charge < -0.3 is 19.6 Å². The highest BCUT2D eigenvalue weighted by Crippen LogP contribution is 2.57. The van der Waals surface area contributed by atoms with Crippen molar-refractivity contribution in [2.75, 3.05) is 19.6 Å². The van der Waals surface area contributed by atoms with Crippen LogP contribution in [0.25, 0.3) is 0 Å². The summed E-state index contributed by atoms with van der Waals surface area (Å²) in [4.78, 5) is 7.82. The number of alkyl halides is 6. The Morgan fingerprint density at radius 1 is 0.213 bits per heavy atom. The highest BCUT2D eigenvalue weighted by molar-refractivity contribution is 5.83. The minimum absolute atomic E-state index is 0.363. The Morgan fingerprint density at radius 2 is 0.373 bits per heavy atom. The first-order valence-electron chi connectivity index (χ1n) is 24.4. The topological polar surface area (TPSA) is 13.0 Å². The quantitative estimate of drug-likeness (QED) is 0.101. The van der Waals surface area contributed by atoms with Gasteiger partial charge in [0.05, 0.1) is 0 Å². The largest absolute Gasteiger partial charge is 0.411 e. The van der Waals surface area contributed by atoms with E-state index in [4.69, 9.17) is 0 Å². The van der Waals surface area contributed by atoms with Gasteiger partial charge in [0.25, 0.3) is 0 Å². The molecule has 0 saturated carbocycles. The molecule has 0 N–H and O–H groups in total. The number of para-hydroxylation sites is 4. The van der Waals surface area contributed by atoms with Crippen LogP contribution in [0.5, 0.6) is 0 Å². The number of hydrogen-bond acceptors (Lipinski definition) is 4. The summed E-state index contributed by atoms with van der Waals surface area (Å²) in [5.74, 6) is 0. The minimum Gasteiger partial charge on any atom is -0.311 e. The molecule has 10 aromatic carbocycles.